The number of unbranched alkanes of at least 4 members (excludes halogenated alkanes) is 1. The normalized spacial score (nSPS) is 21.5. The highest BCUT2D eigenvalue weighted by atomic mass is 32.2. The van der Waals surface area contributed by atoms with E-state index >= 15 is 0 Å². The molecule has 1 aliphatic rings. The Kier molecular flexibility index (Phi) is 4.55. The number of nitrogens with zero attached hydrogens (tertiary/aromatic N) is 1. The van der Waals surface area contributed by atoms with Crippen molar-refractivity contribution in [1.29, 1.82) is 0 Å². The van der Waals surface area contributed by atoms with Crippen LogP contribution in [0, 0.1) is 0 Å². The van der Waals surface area contributed by atoms with Crippen molar-refractivity contribution >= 4 is 10.1 Å². The van der Waals surface area contributed by atoms with E-state index in [-0.39, 0.29) is 0 Å². The largest absolute Gasteiger partial charge is 0.311 e. The molecule has 0 amide bonds. The summed E-state index contributed by atoms with van der Waals surface area (Å²) < 4.78 is 28.1. The molecule has 5 heteroatoms. The van der Waals surface area contributed by atoms with Gasteiger partial charge >= 0.3 is 10.1 Å². The van der Waals surface area contributed by atoms with E-state index in [1.165, 1.54) is 6.42 Å². The number of hydrogen-bond donors (Lipinski definition) is 0. The first-order valence-corrected chi connectivity index (χ1v) is 7.56. The molecule has 1 rings (SSSR count). The molecule has 0 atom stereocenters. The molecule has 1 heterocycles. The molecular weight excluding hydrogens is 214 g/mol. The van der Waals surface area contributed by atoms with Gasteiger partial charge < -0.3 is 0 Å². The Bertz CT molecular complexity index is 281. The third-order valence-corrected chi connectivity index (χ3v) is 3.43. The van der Waals surface area contributed by atoms with Gasteiger partial charge in [0.2, 0.25) is 0 Å². The monoisotopic (exact) mass is 236 g/mol. The van der Waals surface area contributed by atoms with E-state index in [0.717, 1.165) is 51.6 Å². The average Bonchev–Trinajstić information content (AvgIpc) is 2.14. The van der Waals surface area contributed by atoms with E-state index in [4.69, 9.17) is 4.28 Å². The standard InChI is InChI=1S/C10H22NO3S/c1-3-4-8-11(14-15(2,12)13)9-6-5-7-10-11/h3-10H2,1-2H3/q+1. The first kappa shape index (κ1) is 12.9. The summed E-state index contributed by atoms with van der Waals surface area (Å²) in [5.41, 5.74) is 0. The van der Waals surface area contributed by atoms with Crippen molar-refractivity contribution in [3.8, 4) is 0 Å². The van der Waals surface area contributed by atoms with Crippen molar-refractivity contribution < 1.29 is 17.3 Å². The van der Waals surface area contributed by atoms with Crippen LogP contribution in [-0.4, -0.2) is 39.0 Å². The summed E-state index contributed by atoms with van der Waals surface area (Å²) in [6.07, 6.45) is 6.58. The summed E-state index contributed by atoms with van der Waals surface area (Å²) in [6.45, 7) is 4.62. The van der Waals surface area contributed by atoms with Gasteiger partial charge in [-0.25, -0.2) is 0 Å². The molecule has 4 nitrogen and oxygen atoms in total. The Labute approximate surface area is 92.9 Å². The third kappa shape index (κ3) is 4.49. The molecule has 0 aromatic carbocycles. The highest BCUT2D eigenvalue weighted by Crippen LogP contribution is 2.22. The van der Waals surface area contributed by atoms with Crippen LogP contribution in [0.3, 0.4) is 0 Å². The quantitative estimate of drug-likeness (QED) is 0.682. The fraction of sp³-hybridized carbons (Fsp3) is 1.00. The highest BCUT2D eigenvalue weighted by Gasteiger charge is 2.35. The average molecular weight is 236 g/mol. The number of hydroxylamine groups is 3. The van der Waals surface area contributed by atoms with Gasteiger partial charge in [0.25, 0.3) is 0 Å². The molecule has 0 aromatic rings. The van der Waals surface area contributed by atoms with Crippen molar-refractivity contribution in [2.45, 2.75) is 39.0 Å². The van der Waals surface area contributed by atoms with Crippen LogP contribution in [0.5, 0.6) is 0 Å². The first-order chi connectivity index (χ1) is 6.97. The third-order valence-electron chi connectivity index (χ3n) is 2.84. The molecule has 0 bridgehead atoms. The predicted octanol–water partition coefficient (Wildman–Crippen LogP) is 1.68. The van der Waals surface area contributed by atoms with Crippen LogP contribution < -0.4 is 0 Å². The van der Waals surface area contributed by atoms with Crippen molar-refractivity contribution in [2.75, 3.05) is 25.9 Å². The second-order valence-corrected chi connectivity index (χ2v) is 5.98. The zero-order valence-electron chi connectivity index (χ0n) is 9.74. The Hall–Kier alpha value is -0.130. The number of quaternary nitrogens is 1. The molecular formula is C10H22NO3S+. The lowest BCUT2D eigenvalue weighted by Gasteiger charge is -2.36. The maximum Gasteiger partial charge on any atom is 0.311 e. The fourth-order valence-corrected chi connectivity index (χ4v) is 2.96. The lowest BCUT2D eigenvalue weighted by atomic mass is 10.1. The minimum absolute atomic E-state index is 0.326. The molecule has 0 unspecified atom stereocenters. The molecule has 0 aromatic heterocycles. The summed E-state index contributed by atoms with van der Waals surface area (Å²) in [7, 11) is -3.34. The zero-order chi connectivity index (χ0) is 11.4. The minimum atomic E-state index is -3.34. The molecule has 0 N–H and O–H groups in total. The molecule has 0 radical (unpaired) electrons. The maximum absolute atomic E-state index is 11.2. The van der Waals surface area contributed by atoms with Gasteiger partial charge in [-0.2, -0.15) is 13.1 Å². The highest BCUT2D eigenvalue weighted by molar-refractivity contribution is 7.85. The Morgan fingerprint density at radius 3 is 2.27 bits per heavy atom. The van der Waals surface area contributed by atoms with Crippen LogP contribution in [0.25, 0.3) is 0 Å². The topological polar surface area (TPSA) is 43.4 Å². The molecule has 0 aliphatic carbocycles. The van der Waals surface area contributed by atoms with Gasteiger partial charge in [-0.1, -0.05) is 17.6 Å². The summed E-state index contributed by atoms with van der Waals surface area (Å²) in [6, 6.07) is 0. The van der Waals surface area contributed by atoms with Crippen molar-refractivity contribution in [3.63, 3.8) is 0 Å². The van der Waals surface area contributed by atoms with Gasteiger partial charge in [0.05, 0.1) is 6.26 Å². The van der Waals surface area contributed by atoms with Crippen LogP contribution in [0.15, 0.2) is 0 Å². The smallest absolute Gasteiger partial charge is 0.195 e. The van der Waals surface area contributed by atoms with Crippen molar-refractivity contribution in [1.82, 2.24) is 0 Å². The van der Waals surface area contributed by atoms with E-state index in [1.54, 1.807) is 0 Å². The van der Waals surface area contributed by atoms with Gasteiger partial charge in [-0.3, -0.25) is 0 Å². The van der Waals surface area contributed by atoms with Gasteiger partial charge in [0, 0.05) is 0 Å². The molecule has 0 saturated carbocycles. The van der Waals surface area contributed by atoms with Crippen LogP contribution in [-0.2, 0) is 14.4 Å². The second kappa shape index (κ2) is 5.27. The molecule has 90 valence electrons. The second-order valence-electron chi connectivity index (χ2n) is 4.42. The molecule has 15 heavy (non-hydrogen) atoms. The molecule has 0 spiro atoms. The fourth-order valence-electron chi connectivity index (χ4n) is 2.16. The lowest BCUT2D eigenvalue weighted by molar-refractivity contribution is -1.08. The number of rotatable bonds is 5. The van der Waals surface area contributed by atoms with E-state index in [0.29, 0.717) is 4.65 Å². The lowest BCUT2D eigenvalue weighted by Crippen LogP contribution is -2.52. The predicted molar refractivity (Wildman–Crippen MR) is 59.5 cm³/mol. The molecule has 1 saturated heterocycles. The number of likely N-dealkylation sites (tertiary alicyclic amines) is 1. The van der Waals surface area contributed by atoms with E-state index in [1.807, 2.05) is 0 Å². The summed E-state index contributed by atoms with van der Waals surface area (Å²) in [5.74, 6) is 0. The summed E-state index contributed by atoms with van der Waals surface area (Å²) in [4.78, 5) is 0. The van der Waals surface area contributed by atoms with Gasteiger partial charge in [-0.05, 0) is 25.7 Å². The zero-order valence-corrected chi connectivity index (χ0v) is 10.6. The van der Waals surface area contributed by atoms with Crippen LogP contribution >= 0.6 is 0 Å². The summed E-state index contributed by atoms with van der Waals surface area (Å²) >= 11 is 0. The van der Waals surface area contributed by atoms with Crippen LogP contribution in [0.1, 0.15) is 39.0 Å². The van der Waals surface area contributed by atoms with Gasteiger partial charge in [0.1, 0.15) is 19.6 Å². The number of piperidine rings is 1. The van der Waals surface area contributed by atoms with E-state index < -0.39 is 10.1 Å². The number of hydrogen-bond acceptors (Lipinski definition) is 3. The summed E-state index contributed by atoms with van der Waals surface area (Å²) in [5, 5.41) is 0. The molecule has 1 fully saturated rings. The Balaban J connectivity index is 2.66. The van der Waals surface area contributed by atoms with Crippen molar-refractivity contribution in [3.05, 3.63) is 0 Å². The first-order valence-electron chi connectivity index (χ1n) is 5.75. The maximum atomic E-state index is 11.2. The van der Waals surface area contributed by atoms with E-state index in [2.05, 4.69) is 6.92 Å². The Morgan fingerprint density at radius 1 is 1.20 bits per heavy atom. The van der Waals surface area contributed by atoms with Gasteiger partial charge in [-0.15, -0.1) is 0 Å². The van der Waals surface area contributed by atoms with Gasteiger partial charge in [0.15, 0.2) is 0 Å². The van der Waals surface area contributed by atoms with Crippen LogP contribution in [0.2, 0.25) is 0 Å². The van der Waals surface area contributed by atoms with Crippen molar-refractivity contribution in [2.24, 2.45) is 0 Å². The molecule has 1 aliphatic heterocycles. The van der Waals surface area contributed by atoms with E-state index in [9.17, 15) is 8.42 Å². The Morgan fingerprint density at radius 2 is 1.80 bits per heavy atom. The SMILES string of the molecule is CCCC[N+]1(OS(C)(=O)=O)CCCCC1. The minimum Gasteiger partial charge on any atom is -0.195 e. The van der Waals surface area contributed by atoms with Crippen LogP contribution in [0.4, 0.5) is 0 Å².